The molecular formula is C15H29N3O. The molecule has 110 valence electrons. The van der Waals surface area contributed by atoms with Gasteiger partial charge in [-0.2, -0.15) is 0 Å². The molecule has 0 aliphatic carbocycles. The summed E-state index contributed by atoms with van der Waals surface area (Å²) in [7, 11) is 0. The molecule has 2 atom stereocenters. The summed E-state index contributed by atoms with van der Waals surface area (Å²) in [6, 6.07) is 0. The third-order valence-corrected chi connectivity index (χ3v) is 4.60. The van der Waals surface area contributed by atoms with E-state index in [1.54, 1.807) is 0 Å². The molecule has 1 amide bonds. The molecule has 2 saturated heterocycles. The molecule has 2 heterocycles. The number of carbonyl (C=O) groups is 1. The van der Waals surface area contributed by atoms with Gasteiger partial charge in [-0.25, -0.2) is 0 Å². The van der Waals surface area contributed by atoms with Gasteiger partial charge in [0, 0.05) is 19.5 Å². The van der Waals surface area contributed by atoms with Gasteiger partial charge in [0.15, 0.2) is 0 Å². The van der Waals surface area contributed by atoms with Gasteiger partial charge in [-0.1, -0.05) is 6.92 Å². The zero-order chi connectivity index (χ0) is 13.5. The molecule has 0 spiro atoms. The van der Waals surface area contributed by atoms with Gasteiger partial charge in [0.05, 0.1) is 0 Å². The Hall–Kier alpha value is -0.610. The van der Waals surface area contributed by atoms with Crippen molar-refractivity contribution in [3.63, 3.8) is 0 Å². The highest BCUT2D eigenvalue weighted by Gasteiger charge is 2.21. The van der Waals surface area contributed by atoms with Gasteiger partial charge in [-0.15, -0.1) is 0 Å². The van der Waals surface area contributed by atoms with Crippen LogP contribution < -0.4 is 10.6 Å². The molecule has 2 rings (SSSR count). The number of amides is 1. The first-order valence-electron chi connectivity index (χ1n) is 7.95. The standard InChI is InChI=1S/C15H29N3O/c1-13(14-5-4-6-16-12-14)11-15(19)17-7-10-18-8-2-3-9-18/h13-14,16H,2-12H2,1H3,(H,17,19). The van der Waals surface area contributed by atoms with E-state index in [1.807, 2.05) is 0 Å². The normalized spacial score (nSPS) is 26.3. The van der Waals surface area contributed by atoms with Crippen LogP contribution in [0.3, 0.4) is 0 Å². The summed E-state index contributed by atoms with van der Waals surface area (Å²) in [5.74, 6) is 1.41. The predicted molar refractivity (Wildman–Crippen MR) is 78.1 cm³/mol. The average Bonchev–Trinajstić information content (AvgIpc) is 2.93. The number of nitrogens with zero attached hydrogens (tertiary/aromatic N) is 1. The maximum Gasteiger partial charge on any atom is 0.220 e. The fourth-order valence-corrected chi connectivity index (χ4v) is 3.26. The molecule has 2 aliphatic heterocycles. The van der Waals surface area contributed by atoms with Crippen molar-refractivity contribution in [1.82, 2.24) is 15.5 Å². The number of nitrogens with one attached hydrogen (secondary N) is 2. The fourth-order valence-electron chi connectivity index (χ4n) is 3.26. The van der Waals surface area contributed by atoms with E-state index in [-0.39, 0.29) is 5.91 Å². The van der Waals surface area contributed by atoms with Gasteiger partial charge in [0.1, 0.15) is 0 Å². The SMILES string of the molecule is CC(CC(=O)NCCN1CCCC1)C1CCCNC1. The first-order chi connectivity index (χ1) is 9.25. The largest absolute Gasteiger partial charge is 0.355 e. The number of carbonyl (C=O) groups excluding carboxylic acids is 1. The van der Waals surface area contributed by atoms with Crippen LogP contribution in [0.25, 0.3) is 0 Å². The van der Waals surface area contributed by atoms with Crippen molar-refractivity contribution in [2.75, 3.05) is 39.3 Å². The molecule has 0 bridgehead atoms. The molecule has 19 heavy (non-hydrogen) atoms. The summed E-state index contributed by atoms with van der Waals surface area (Å²) >= 11 is 0. The number of hydrogen-bond acceptors (Lipinski definition) is 3. The number of piperidine rings is 1. The smallest absolute Gasteiger partial charge is 0.220 e. The summed E-state index contributed by atoms with van der Waals surface area (Å²) < 4.78 is 0. The molecule has 0 aromatic rings. The predicted octanol–water partition coefficient (Wildman–Crippen LogP) is 1.22. The van der Waals surface area contributed by atoms with E-state index in [4.69, 9.17) is 0 Å². The third kappa shape index (κ3) is 5.11. The number of rotatable bonds is 6. The second kappa shape index (κ2) is 7.85. The van der Waals surface area contributed by atoms with Crippen molar-refractivity contribution < 1.29 is 4.79 Å². The van der Waals surface area contributed by atoms with Crippen LogP contribution in [0.1, 0.15) is 39.0 Å². The number of hydrogen-bond donors (Lipinski definition) is 2. The molecule has 2 fully saturated rings. The lowest BCUT2D eigenvalue weighted by molar-refractivity contribution is -0.122. The van der Waals surface area contributed by atoms with Crippen molar-refractivity contribution in [2.24, 2.45) is 11.8 Å². The van der Waals surface area contributed by atoms with Crippen molar-refractivity contribution >= 4 is 5.91 Å². The second-order valence-electron chi connectivity index (χ2n) is 6.19. The van der Waals surface area contributed by atoms with Crippen LogP contribution in [0.4, 0.5) is 0 Å². The Balaban J connectivity index is 1.57. The van der Waals surface area contributed by atoms with Gasteiger partial charge < -0.3 is 15.5 Å². The van der Waals surface area contributed by atoms with Crippen molar-refractivity contribution in [3.8, 4) is 0 Å². The maximum absolute atomic E-state index is 11.9. The quantitative estimate of drug-likeness (QED) is 0.761. The topological polar surface area (TPSA) is 44.4 Å². The highest BCUT2D eigenvalue weighted by molar-refractivity contribution is 5.76. The minimum absolute atomic E-state index is 0.234. The minimum atomic E-state index is 0.234. The maximum atomic E-state index is 11.9. The van der Waals surface area contributed by atoms with Crippen LogP contribution in [0.15, 0.2) is 0 Å². The van der Waals surface area contributed by atoms with Gasteiger partial charge in [0.25, 0.3) is 0 Å². The van der Waals surface area contributed by atoms with Crippen molar-refractivity contribution in [2.45, 2.75) is 39.0 Å². The van der Waals surface area contributed by atoms with Crippen LogP contribution in [0.2, 0.25) is 0 Å². The summed E-state index contributed by atoms with van der Waals surface area (Å²) in [4.78, 5) is 14.4. The summed E-state index contributed by atoms with van der Waals surface area (Å²) in [5, 5.41) is 6.51. The molecule has 0 radical (unpaired) electrons. The zero-order valence-corrected chi connectivity index (χ0v) is 12.3. The van der Waals surface area contributed by atoms with Crippen LogP contribution in [0.5, 0.6) is 0 Å². The lowest BCUT2D eigenvalue weighted by Gasteiger charge is -2.28. The molecule has 2 unspecified atom stereocenters. The van der Waals surface area contributed by atoms with E-state index in [0.717, 1.165) is 26.2 Å². The first-order valence-corrected chi connectivity index (χ1v) is 7.95. The Bertz CT molecular complexity index is 271. The summed E-state index contributed by atoms with van der Waals surface area (Å²) in [6.07, 6.45) is 5.85. The van der Waals surface area contributed by atoms with Crippen LogP contribution >= 0.6 is 0 Å². The lowest BCUT2D eigenvalue weighted by Crippen LogP contribution is -2.37. The fraction of sp³-hybridized carbons (Fsp3) is 0.933. The highest BCUT2D eigenvalue weighted by Crippen LogP contribution is 2.22. The molecule has 0 aromatic carbocycles. The van der Waals surface area contributed by atoms with E-state index < -0.39 is 0 Å². The Labute approximate surface area is 117 Å². The Kier molecular flexibility index (Phi) is 6.11. The molecule has 2 aliphatic rings. The zero-order valence-electron chi connectivity index (χ0n) is 12.3. The van der Waals surface area contributed by atoms with E-state index in [1.165, 1.54) is 38.8 Å². The number of likely N-dealkylation sites (tertiary alicyclic amines) is 1. The second-order valence-corrected chi connectivity index (χ2v) is 6.19. The van der Waals surface area contributed by atoms with Crippen LogP contribution in [-0.2, 0) is 4.79 Å². The minimum Gasteiger partial charge on any atom is -0.355 e. The monoisotopic (exact) mass is 267 g/mol. The van der Waals surface area contributed by atoms with Gasteiger partial charge in [-0.3, -0.25) is 4.79 Å². The molecule has 2 N–H and O–H groups in total. The molecule has 0 saturated carbocycles. The van der Waals surface area contributed by atoms with E-state index >= 15 is 0 Å². The molecule has 0 aromatic heterocycles. The van der Waals surface area contributed by atoms with Crippen LogP contribution in [-0.4, -0.2) is 50.1 Å². The third-order valence-electron chi connectivity index (χ3n) is 4.60. The molecular weight excluding hydrogens is 238 g/mol. The first kappa shape index (κ1) is 14.8. The van der Waals surface area contributed by atoms with E-state index in [0.29, 0.717) is 18.3 Å². The van der Waals surface area contributed by atoms with Gasteiger partial charge in [-0.05, 0) is 63.7 Å². The Morgan fingerprint density at radius 1 is 1.37 bits per heavy atom. The average molecular weight is 267 g/mol. The molecule has 4 nitrogen and oxygen atoms in total. The summed E-state index contributed by atoms with van der Waals surface area (Å²) in [5.41, 5.74) is 0. The summed E-state index contributed by atoms with van der Waals surface area (Å²) in [6.45, 7) is 8.70. The Morgan fingerprint density at radius 2 is 2.16 bits per heavy atom. The van der Waals surface area contributed by atoms with Gasteiger partial charge >= 0.3 is 0 Å². The van der Waals surface area contributed by atoms with E-state index in [2.05, 4.69) is 22.5 Å². The molecule has 4 heteroatoms. The van der Waals surface area contributed by atoms with Crippen LogP contribution in [0, 0.1) is 11.8 Å². The Morgan fingerprint density at radius 3 is 2.84 bits per heavy atom. The van der Waals surface area contributed by atoms with E-state index in [9.17, 15) is 4.79 Å². The highest BCUT2D eigenvalue weighted by atomic mass is 16.1. The lowest BCUT2D eigenvalue weighted by atomic mass is 9.85. The van der Waals surface area contributed by atoms with Crippen molar-refractivity contribution in [1.29, 1.82) is 0 Å². The van der Waals surface area contributed by atoms with Crippen molar-refractivity contribution in [3.05, 3.63) is 0 Å². The van der Waals surface area contributed by atoms with Gasteiger partial charge in [0.2, 0.25) is 5.91 Å².